The Morgan fingerprint density at radius 2 is 2.25 bits per heavy atom. The Kier molecular flexibility index (Phi) is 4.93. The standard InChI is InChI=1S/C13H16BrN3O2S/c1-8(2)17-12(18)15-16-13(17)20-7-9-4-5-11(19-3)10(14)6-9/h4-6,8H,7H2,1-3H3,(H,15,18). The van der Waals surface area contributed by atoms with E-state index >= 15 is 0 Å². The van der Waals surface area contributed by atoms with Crippen LogP contribution in [-0.2, 0) is 5.75 Å². The van der Waals surface area contributed by atoms with Gasteiger partial charge in [0.25, 0.3) is 0 Å². The van der Waals surface area contributed by atoms with Crippen LogP contribution in [0.25, 0.3) is 0 Å². The number of ether oxygens (including phenoxy) is 1. The quantitative estimate of drug-likeness (QED) is 0.834. The Labute approximate surface area is 129 Å². The molecule has 7 heteroatoms. The molecule has 0 spiro atoms. The van der Waals surface area contributed by atoms with Gasteiger partial charge < -0.3 is 4.74 Å². The van der Waals surface area contributed by atoms with Gasteiger partial charge >= 0.3 is 5.69 Å². The van der Waals surface area contributed by atoms with Gasteiger partial charge in [-0.15, -0.1) is 5.10 Å². The molecule has 0 saturated carbocycles. The van der Waals surface area contributed by atoms with Crippen LogP contribution in [0.3, 0.4) is 0 Å². The van der Waals surface area contributed by atoms with Crippen molar-refractivity contribution in [1.29, 1.82) is 0 Å². The number of aromatic nitrogens is 3. The summed E-state index contributed by atoms with van der Waals surface area (Å²) >= 11 is 4.99. The van der Waals surface area contributed by atoms with E-state index < -0.39 is 0 Å². The Bertz CT molecular complexity index is 651. The highest BCUT2D eigenvalue weighted by molar-refractivity contribution is 9.10. The molecule has 2 aromatic rings. The van der Waals surface area contributed by atoms with Crippen LogP contribution in [0.2, 0.25) is 0 Å². The van der Waals surface area contributed by atoms with Gasteiger partial charge in [-0.2, -0.15) is 0 Å². The van der Waals surface area contributed by atoms with Gasteiger partial charge in [-0.3, -0.25) is 4.57 Å². The second-order valence-electron chi connectivity index (χ2n) is 4.53. The third-order valence-corrected chi connectivity index (χ3v) is 4.42. The summed E-state index contributed by atoms with van der Waals surface area (Å²) in [7, 11) is 1.64. The third kappa shape index (κ3) is 3.27. The van der Waals surface area contributed by atoms with E-state index in [9.17, 15) is 4.79 Å². The summed E-state index contributed by atoms with van der Waals surface area (Å²) in [6.45, 7) is 3.93. The molecule has 0 aliphatic rings. The number of halogens is 1. The monoisotopic (exact) mass is 357 g/mol. The first-order valence-electron chi connectivity index (χ1n) is 6.15. The molecule has 0 saturated heterocycles. The zero-order chi connectivity index (χ0) is 14.7. The van der Waals surface area contributed by atoms with Crippen LogP contribution in [0.15, 0.2) is 32.6 Å². The molecule has 0 atom stereocenters. The average Bonchev–Trinajstić information content (AvgIpc) is 2.78. The zero-order valence-corrected chi connectivity index (χ0v) is 13.9. The van der Waals surface area contributed by atoms with Crippen LogP contribution >= 0.6 is 27.7 Å². The lowest BCUT2D eigenvalue weighted by atomic mass is 10.2. The van der Waals surface area contributed by atoms with Crippen molar-refractivity contribution in [2.24, 2.45) is 0 Å². The van der Waals surface area contributed by atoms with Gasteiger partial charge in [-0.05, 0) is 47.5 Å². The fraction of sp³-hybridized carbons (Fsp3) is 0.385. The molecule has 1 N–H and O–H groups in total. The maximum atomic E-state index is 11.6. The lowest BCUT2D eigenvalue weighted by Crippen LogP contribution is -2.19. The van der Waals surface area contributed by atoms with E-state index in [1.807, 2.05) is 32.0 Å². The van der Waals surface area contributed by atoms with Crippen molar-refractivity contribution < 1.29 is 4.74 Å². The highest BCUT2D eigenvalue weighted by Gasteiger charge is 2.12. The number of benzene rings is 1. The van der Waals surface area contributed by atoms with Crippen molar-refractivity contribution >= 4 is 27.7 Å². The number of methoxy groups -OCH3 is 1. The predicted molar refractivity (Wildman–Crippen MR) is 83.5 cm³/mol. The second-order valence-corrected chi connectivity index (χ2v) is 6.33. The van der Waals surface area contributed by atoms with Crippen molar-refractivity contribution in [2.45, 2.75) is 30.8 Å². The summed E-state index contributed by atoms with van der Waals surface area (Å²) in [5, 5.41) is 7.26. The molecule has 0 radical (unpaired) electrons. The molecule has 5 nitrogen and oxygen atoms in total. The van der Waals surface area contributed by atoms with Crippen LogP contribution < -0.4 is 10.4 Å². The first-order chi connectivity index (χ1) is 9.52. The van der Waals surface area contributed by atoms with Crippen LogP contribution in [0, 0.1) is 0 Å². The topological polar surface area (TPSA) is 59.9 Å². The molecule has 108 valence electrons. The maximum Gasteiger partial charge on any atom is 0.344 e. The van der Waals surface area contributed by atoms with Crippen molar-refractivity contribution in [2.75, 3.05) is 7.11 Å². The fourth-order valence-corrected chi connectivity index (χ4v) is 3.40. The molecule has 0 amide bonds. The first-order valence-corrected chi connectivity index (χ1v) is 7.93. The van der Waals surface area contributed by atoms with Gasteiger partial charge in [-0.1, -0.05) is 17.8 Å². The van der Waals surface area contributed by atoms with E-state index in [1.165, 1.54) is 11.8 Å². The van der Waals surface area contributed by atoms with Crippen LogP contribution in [-0.4, -0.2) is 21.9 Å². The van der Waals surface area contributed by atoms with Gasteiger partial charge in [-0.25, -0.2) is 9.89 Å². The number of aromatic amines is 1. The third-order valence-electron chi connectivity index (χ3n) is 2.77. The van der Waals surface area contributed by atoms with E-state index in [2.05, 4.69) is 26.1 Å². The van der Waals surface area contributed by atoms with Gasteiger partial charge in [0, 0.05) is 11.8 Å². The highest BCUT2D eigenvalue weighted by atomic mass is 79.9. The first kappa shape index (κ1) is 15.2. The average molecular weight is 358 g/mol. The summed E-state index contributed by atoms with van der Waals surface area (Å²) < 4.78 is 7.77. The summed E-state index contributed by atoms with van der Waals surface area (Å²) in [5.74, 6) is 1.54. The van der Waals surface area contributed by atoms with Crippen molar-refractivity contribution in [3.05, 3.63) is 38.7 Å². The minimum atomic E-state index is -0.168. The smallest absolute Gasteiger partial charge is 0.344 e. The molecule has 0 aliphatic carbocycles. The number of thioether (sulfide) groups is 1. The van der Waals surface area contributed by atoms with Crippen molar-refractivity contribution in [3.8, 4) is 5.75 Å². The number of hydrogen-bond donors (Lipinski definition) is 1. The Balaban J connectivity index is 2.13. The number of nitrogens with one attached hydrogen (secondary N) is 1. The summed E-state index contributed by atoms with van der Waals surface area (Å²) in [5.41, 5.74) is 0.965. The molecule has 1 aromatic heterocycles. The predicted octanol–water partition coefficient (Wildman–Crippen LogP) is 3.22. The molecule has 0 aliphatic heterocycles. The Hall–Kier alpha value is -1.21. The van der Waals surface area contributed by atoms with E-state index in [0.717, 1.165) is 21.5 Å². The highest BCUT2D eigenvalue weighted by Crippen LogP contribution is 2.28. The van der Waals surface area contributed by atoms with Gasteiger partial charge in [0.2, 0.25) is 0 Å². The van der Waals surface area contributed by atoms with Crippen LogP contribution in [0.4, 0.5) is 0 Å². The molecular formula is C13H16BrN3O2S. The number of nitrogens with zero attached hydrogens (tertiary/aromatic N) is 2. The number of rotatable bonds is 5. The molecule has 1 aromatic carbocycles. The zero-order valence-electron chi connectivity index (χ0n) is 11.5. The summed E-state index contributed by atoms with van der Waals surface area (Å²) in [6, 6.07) is 6.02. The largest absolute Gasteiger partial charge is 0.496 e. The van der Waals surface area contributed by atoms with Crippen LogP contribution in [0.5, 0.6) is 5.75 Å². The SMILES string of the molecule is COc1ccc(CSc2n[nH]c(=O)n2C(C)C)cc1Br. The van der Waals surface area contributed by atoms with Crippen molar-refractivity contribution in [1.82, 2.24) is 14.8 Å². The minimum Gasteiger partial charge on any atom is -0.496 e. The molecule has 1 heterocycles. The van der Waals surface area contributed by atoms with E-state index in [-0.39, 0.29) is 11.7 Å². The summed E-state index contributed by atoms with van der Waals surface area (Å²) in [4.78, 5) is 11.6. The lowest BCUT2D eigenvalue weighted by molar-refractivity contribution is 0.412. The van der Waals surface area contributed by atoms with Gasteiger partial charge in [0.05, 0.1) is 11.6 Å². The molecular weight excluding hydrogens is 342 g/mol. The molecule has 20 heavy (non-hydrogen) atoms. The van der Waals surface area contributed by atoms with Gasteiger partial charge in [0.1, 0.15) is 5.75 Å². The van der Waals surface area contributed by atoms with E-state index in [0.29, 0.717) is 5.16 Å². The molecule has 0 fully saturated rings. The minimum absolute atomic E-state index is 0.0892. The van der Waals surface area contributed by atoms with E-state index in [4.69, 9.17) is 4.74 Å². The molecule has 0 unspecified atom stereocenters. The second kappa shape index (κ2) is 6.49. The summed E-state index contributed by atoms with van der Waals surface area (Å²) in [6.07, 6.45) is 0. The fourth-order valence-electron chi connectivity index (χ4n) is 1.80. The van der Waals surface area contributed by atoms with E-state index in [1.54, 1.807) is 11.7 Å². The van der Waals surface area contributed by atoms with Gasteiger partial charge in [0.15, 0.2) is 5.16 Å². The Morgan fingerprint density at radius 3 is 2.85 bits per heavy atom. The number of H-pyrrole nitrogens is 1. The maximum absolute atomic E-state index is 11.6. The molecule has 0 bridgehead atoms. The number of hydrogen-bond acceptors (Lipinski definition) is 4. The van der Waals surface area contributed by atoms with Crippen LogP contribution in [0.1, 0.15) is 25.5 Å². The molecule has 2 rings (SSSR count). The Morgan fingerprint density at radius 1 is 1.50 bits per heavy atom. The van der Waals surface area contributed by atoms with Crippen molar-refractivity contribution in [3.63, 3.8) is 0 Å². The normalized spacial score (nSPS) is 11.1. The lowest BCUT2D eigenvalue weighted by Gasteiger charge is -2.09.